The van der Waals surface area contributed by atoms with E-state index in [-0.39, 0.29) is 0 Å². The van der Waals surface area contributed by atoms with Crippen molar-refractivity contribution >= 4 is 68.2 Å². The molecule has 12 aromatic carbocycles. The summed E-state index contributed by atoms with van der Waals surface area (Å²) in [7, 11) is 0. The van der Waals surface area contributed by atoms with E-state index in [4.69, 9.17) is 9.97 Å². The number of nitrogens with zero attached hydrogens (tertiary/aromatic N) is 6. The summed E-state index contributed by atoms with van der Waals surface area (Å²) in [5, 5.41) is 0. The Morgan fingerprint density at radius 3 is 0.524 bits per heavy atom. The highest BCUT2D eigenvalue weighted by Gasteiger charge is 2.20. The molecular formula is C76H56N6. The smallest absolute Gasteiger partial charge is 0.0965 e. The topological polar surface area (TPSA) is 38.7 Å². The molecule has 0 unspecified atom stereocenters. The van der Waals surface area contributed by atoms with Crippen LogP contribution in [0.1, 0.15) is 0 Å². The van der Waals surface area contributed by atoms with E-state index in [2.05, 4.69) is 347 Å². The second kappa shape index (κ2) is 23.5. The van der Waals surface area contributed by atoms with Gasteiger partial charge in [0.15, 0.2) is 0 Å². The molecule has 390 valence electrons. The van der Waals surface area contributed by atoms with Crippen LogP contribution in [0.2, 0.25) is 0 Å². The highest BCUT2D eigenvalue weighted by atomic mass is 15.2. The molecule has 0 N–H and O–H groups in total. The van der Waals surface area contributed by atoms with Crippen LogP contribution < -0.4 is 19.6 Å². The average molecular weight is 1050 g/mol. The molecule has 0 aliphatic heterocycles. The molecule has 0 radical (unpaired) electrons. The molecule has 1 heterocycles. The number of benzene rings is 12. The normalized spacial score (nSPS) is 10.9. The van der Waals surface area contributed by atoms with Gasteiger partial charge in [-0.05, 0) is 168 Å². The van der Waals surface area contributed by atoms with Crippen LogP contribution in [0.4, 0.5) is 68.2 Å². The first-order valence-electron chi connectivity index (χ1n) is 27.6. The fourth-order valence-corrected chi connectivity index (χ4v) is 10.8. The summed E-state index contributed by atoms with van der Waals surface area (Å²) in [5.74, 6) is 0. The van der Waals surface area contributed by atoms with Gasteiger partial charge >= 0.3 is 0 Å². The maximum absolute atomic E-state index is 4.99. The van der Waals surface area contributed by atoms with Gasteiger partial charge < -0.3 is 19.6 Å². The molecule has 1 aromatic heterocycles. The molecule has 0 saturated heterocycles. The minimum absolute atomic E-state index is 0.803. The maximum Gasteiger partial charge on any atom is 0.0965 e. The zero-order valence-electron chi connectivity index (χ0n) is 45.0. The van der Waals surface area contributed by atoms with E-state index < -0.39 is 0 Å². The second-order valence-corrected chi connectivity index (χ2v) is 19.9. The lowest BCUT2D eigenvalue weighted by atomic mass is 10.0. The quantitative estimate of drug-likeness (QED) is 0.0960. The first-order chi connectivity index (χ1) is 40.7. The van der Waals surface area contributed by atoms with Gasteiger partial charge in [0.2, 0.25) is 0 Å². The lowest BCUT2D eigenvalue weighted by Crippen LogP contribution is -2.12. The molecule has 0 amide bonds. The van der Waals surface area contributed by atoms with Crippen molar-refractivity contribution in [3.63, 3.8) is 0 Å². The highest BCUT2D eigenvalue weighted by Crippen LogP contribution is 2.43. The molecule has 0 atom stereocenters. The predicted octanol–water partition coefficient (Wildman–Crippen LogP) is 21.0. The van der Waals surface area contributed by atoms with Gasteiger partial charge in [-0.3, -0.25) is 9.97 Å². The van der Waals surface area contributed by atoms with Gasteiger partial charge in [0, 0.05) is 91.8 Å². The second-order valence-electron chi connectivity index (χ2n) is 19.9. The van der Waals surface area contributed by atoms with Crippen molar-refractivity contribution in [2.45, 2.75) is 0 Å². The zero-order chi connectivity index (χ0) is 54.9. The number of aromatic nitrogens is 2. The van der Waals surface area contributed by atoms with Crippen LogP contribution in [-0.4, -0.2) is 9.97 Å². The minimum Gasteiger partial charge on any atom is -0.311 e. The molecule has 0 saturated carbocycles. The van der Waals surface area contributed by atoms with E-state index in [0.29, 0.717) is 0 Å². The van der Waals surface area contributed by atoms with Crippen molar-refractivity contribution < 1.29 is 0 Å². The number of rotatable bonds is 16. The summed E-state index contributed by atoms with van der Waals surface area (Å²) in [6.07, 6.45) is 3.55. The zero-order valence-corrected chi connectivity index (χ0v) is 45.0. The van der Waals surface area contributed by atoms with Crippen molar-refractivity contribution in [3.05, 3.63) is 340 Å². The first-order valence-corrected chi connectivity index (χ1v) is 27.6. The van der Waals surface area contributed by atoms with Crippen LogP contribution in [-0.2, 0) is 0 Å². The van der Waals surface area contributed by atoms with Crippen molar-refractivity contribution in [2.75, 3.05) is 19.6 Å². The van der Waals surface area contributed by atoms with Crippen LogP contribution in [0.25, 0.3) is 44.8 Å². The molecule has 13 rings (SSSR count). The Bertz CT molecular complexity index is 3780. The van der Waals surface area contributed by atoms with Gasteiger partial charge in [-0.25, -0.2) is 0 Å². The summed E-state index contributed by atoms with van der Waals surface area (Å²) in [6.45, 7) is 0. The molecule has 0 fully saturated rings. The lowest BCUT2D eigenvalue weighted by Gasteiger charge is -2.28. The third kappa shape index (κ3) is 10.8. The molecule has 6 heteroatoms. The van der Waals surface area contributed by atoms with E-state index in [1.807, 2.05) is 0 Å². The third-order valence-corrected chi connectivity index (χ3v) is 14.8. The Labute approximate surface area is 480 Å². The number of hydrogen-bond donors (Lipinski definition) is 0. The molecule has 0 aliphatic rings. The fraction of sp³-hybridized carbons (Fsp3) is 0. The summed E-state index contributed by atoms with van der Waals surface area (Å²) < 4.78 is 0. The Morgan fingerprint density at radius 1 is 0.146 bits per heavy atom. The molecule has 0 aliphatic carbocycles. The van der Waals surface area contributed by atoms with Crippen LogP contribution in [0, 0.1) is 0 Å². The molecular weight excluding hydrogens is 997 g/mol. The Kier molecular flexibility index (Phi) is 14.4. The van der Waals surface area contributed by atoms with E-state index in [0.717, 1.165) is 102 Å². The number of para-hydroxylation sites is 4. The van der Waals surface area contributed by atoms with Gasteiger partial charge in [0.05, 0.1) is 11.4 Å². The average Bonchev–Trinajstić information content (AvgIpc) is 3.61. The predicted molar refractivity (Wildman–Crippen MR) is 343 cm³/mol. The molecule has 0 bridgehead atoms. The van der Waals surface area contributed by atoms with Crippen molar-refractivity contribution in [1.82, 2.24) is 9.97 Å². The van der Waals surface area contributed by atoms with Crippen LogP contribution in [0.15, 0.2) is 340 Å². The van der Waals surface area contributed by atoms with Crippen LogP contribution >= 0.6 is 0 Å². The SMILES string of the molecule is c1ccc(-c2ccc(N(c3ccc(-c4nccnc4-c4ccc(N(c5ccc(-c6ccccc6)cc5)c5ccc(N(c6ccccc6)c6ccccc6)cc5)cc4)cc3)c3ccc(N(c4ccccc4)c4ccccc4)cc3)cc2)cc1. The van der Waals surface area contributed by atoms with Crippen molar-refractivity contribution in [1.29, 1.82) is 0 Å². The summed E-state index contributed by atoms with van der Waals surface area (Å²) >= 11 is 0. The molecule has 13 aromatic rings. The Morgan fingerprint density at radius 2 is 0.305 bits per heavy atom. The van der Waals surface area contributed by atoms with E-state index in [9.17, 15) is 0 Å². The van der Waals surface area contributed by atoms with Gasteiger partial charge in [-0.2, -0.15) is 0 Å². The van der Waals surface area contributed by atoms with Crippen molar-refractivity contribution in [3.8, 4) is 44.8 Å². The van der Waals surface area contributed by atoms with Gasteiger partial charge in [-0.15, -0.1) is 0 Å². The van der Waals surface area contributed by atoms with Gasteiger partial charge in [0.25, 0.3) is 0 Å². The fourth-order valence-electron chi connectivity index (χ4n) is 10.8. The number of hydrogen-bond acceptors (Lipinski definition) is 6. The lowest BCUT2D eigenvalue weighted by molar-refractivity contribution is 1.20. The Balaban J connectivity index is 0.828. The van der Waals surface area contributed by atoms with E-state index in [1.54, 1.807) is 12.4 Å². The van der Waals surface area contributed by atoms with E-state index >= 15 is 0 Å². The minimum atomic E-state index is 0.803. The molecule has 6 nitrogen and oxygen atoms in total. The van der Waals surface area contributed by atoms with Crippen LogP contribution in [0.5, 0.6) is 0 Å². The van der Waals surface area contributed by atoms with Crippen LogP contribution in [0.3, 0.4) is 0 Å². The van der Waals surface area contributed by atoms with Gasteiger partial charge in [0.1, 0.15) is 0 Å². The summed E-state index contributed by atoms with van der Waals surface area (Å²) in [4.78, 5) is 19.2. The summed E-state index contributed by atoms with van der Waals surface area (Å²) in [6, 6.07) is 116. The monoisotopic (exact) mass is 1050 g/mol. The molecule has 0 spiro atoms. The van der Waals surface area contributed by atoms with E-state index in [1.165, 1.54) is 11.1 Å². The largest absolute Gasteiger partial charge is 0.311 e. The Hall–Kier alpha value is -11.1. The highest BCUT2D eigenvalue weighted by molar-refractivity contribution is 5.87. The van der Waals surface area contributed by atoms with Gasteiger partial charge in [-0.1, -0.05) is 182 Å². The number of anilines is 12. The van der Waals surface area contributed by atoms with Crippen molar-refractivity contribution in [2.24, 2.45) is 0 Å². The third-order valence-electron chi connectivity index (χ3n) is 14.8. The first kappa shape index (κ1) is 50.4. The standard InChI is InChI=1S/C76H56N6/c1-7-19-57(20-8-1)59-31-39-67(40-32-59)81(73-51-47-71(48-52-73)79(63-23-11-3-12-24-63)64-25-13-4-14-26-64)69-43-35-61(36-44-69)75-76(78-56-55-77-75)62-37-45-70(46-38-62)82(68-41-33-60(34-42-68)58-21-9-2-10-22-58)74-53-49-72(50-54-74)80(65-27-15-5-16-28-65)66-29-17-6-18-30-66/h1-56H. The molecule has 82 heavy (non-hydrogen) atoms. The summed E-state index contributed by atoms with van der Waals surface area (Å²) in [5.41, 5.74) is 20.9. The maximum atomic E-state index is 4.99.